The molecule has 4 rings (SSSR count). The molecule has 0 radical (unpaired) electrons. The van der Waals surface area contributed by atoms with E-state index in [0.29, 0.717) is 30.9 Å². The summed E-state index contributed by atoms with van der Waals surface area (Å²) in [6, 6.07) is 11.6. The number of benzene rings is 2. The number of hydrogen-bond acceptors (Lipinski definition) is 6. The molecule has 2 aromatic rings. The Balaban J connectivity index is 1.69. The van der Waals surface area contributed by atoms with Crippen molar-refractivity contribution in [3.63, 3.8) is 0 Å². The van der Waals surface area contributed by atoms with Gasteiger partial charge >= 0.3 is 0 Å². The van der Waals surface area contributed by atoms with Crippen LogP contribution < -0.4 is 4.74 Å². The van der Waals surface area contributed by atoms with Crippen molar-refractivity contribution in [1.29, 1.82) is 0 Å². The van der Waals surface area contributed by atoms with Crippen molar-refractivity contribution in [2.24, 2.45) is 0 Å². The maximum absolute atomic E-state index is 14.8. The number of aliphatic hydroxyl groups excluding tert-OH is 1. The van der Waals surface area contributed by atoms with Crippen LogP contribution in [0.3, 0.4) is 0 Å². The Bertz CT molecular complexity index is 1060. The van der Waals surface area contributed by atoms with Crippen LogP contribution in [0.15, 0.2) is 54.1 Å². The maximum Gasteiger partial charge on any atom is 0.295 e. The van der Waals surface area contributed by atoms with Gasteiger partial charge < -0.3 is 19.5 Å². The summed E-state index contributed by atoms with van der Waals surface area (Å²) in [4.78, 5) is 29.7. The fourth-order valence-electron chi connectivity index (χ4n) is 4.35. The average Bonchev–Trinajstić information content (AvgIpc) is 3.09. The summed E-state index contributed by atoms with van der Waals surface area (Å²) in [5.74, 6) is -1.97. The van der Waals surface area contributed by atoms with Gasteiger partial charge in [-0.15, -0.1) is 0 Å². The first kappa shape index (κ1) is 22.9. The van der Waals surface area contributed by atoms with E-state index in [1.54, 1.807) is 42.5 Å². The number of likely N-dealkylation sites (tertiary alicyclic amines) is 1. The number of methoxy groups -OCH3 is 1. The molecule has 1 N–H and O–H groups in total. The van der Waals surface area contributed by atoms with Crippen molar-refractivity contribution >= 4 is 17.4 Å². The molecule has 2 aliphatic rings. The largest absolute Gasteiger partial charge is 0.507 e. The van der Waals surface area contributed by atoms with Gasteiger partial charge in [0.1, 0.15) is 17.3 Å². The SMILES string of the molecule is COc1cccc(/C(O)=C2/C(=O)C(=O)N(CCCN3CCOCC3)C2c2ccccc2F)c1. The van der Waals surface area contributed by atoms with Crippen molar-refractivity contribution < 1.29 is 28.6 Å². The Morgan fingerprint density at radius 1 is 1.12 bits per heavy atom. The van der Waals surface area contributed by atoms with Crippen LogP contribution in [-0.4, -0.2) is 73.1 Å². The minimum Gasteiger partial charge on any atom is -0.507 e. The number of morpholine rings is 1. The molecule has 7 nitrogen and oxygen atoms in total. The zero-order valence-electron chi connectivity index (χ0n) is 18.5. The summed E-state index contributed by atoms with van der Waals surface area (Å²) in [5.41, 5.74) is 0.374. The molecular weight excluding hydrogens is 427 g/mol. The van der Waals surface area contributed by atoms with Crippen LogP contribution in [0.25, 0.3) is 5.76 Å². The van der Waals surface area contributed by atoms with Crippen LogP contribution in [0.4, 0.5) is 4.39 Å². The molecule has 8 heteroatoms. The Hall–Kier alpha value is -3.23. The first-order valence-corrected chi connectivity index (χ1v) is 11.0. The molecule has 0 saturated carbocycles. The minimum absolute atomic E-state index is 0.121. The fourth-order valence-corrected chi connectivity index (χ4v) is 4.35. The maximum atomic E-state index is 14.8. The summed E-state index contributed by atoms with van der Waals surface area (Å²) in [6.45, 7) is 3.94. The number of nitrogens with zero attached hydrogens (tertiary/aromatic N) is 2. The average molecular weight is 454 g/mol. The molecule has 1 unspecified atom stereocenters. The van der Waals surface area contributed by atoms with Crippen LogP contribution in [0.1, 0.15) is 23.6 Å². The second-order valence-electron chi connectivity index (χ2n) is 8.05. The van der Waals surface area contributed by atoms with E-state index in [-0.39, 0.29) is 23.4 Å². The van der Waals surface area contributed by atoms with E-state index < -0.39 is 23.5 Å². The number of hydrogen-bond donors (Lipinski definition) is 1. The van der Waals surface area contributed by atoms with Crippen molar-refractivity contribution in [3.8, 4) is 5.75 Å². The van der Waals surface area contributed by atoms with E-state index in [1.165, 1.54) is 18.1 Å². The molecule has 0 aromatic heterocycles. The molecule has 1 atom stereocenters. The molecule has 0 bridgehead atoms. The van der Waals surface area contributed by atoms with Gasteiger partial charge in [-0.3, -0.25) is 14.5 Å². The van der Waals surface area contributed by atoms with Crippen LogP contribution in [0.5, 0.6) is 5.75 Å². The minimum atomic E-state index is -1.01. The molecule has 2 saturated heterocycles. The zero-order valence-corrected chi connectivity index (χ0v) is 18.5. The lowest BCUT2D eigenvalue weighted by Gasteiger charge is -2.29. The number of halogens is 1. The highest BCUT2D eigenvalue weighted by molar-refractivity contribution is 6.46. The highest BCUT2D eigenvalue weighted by atomic mass is 19.1. The molecular formula is C25H27FN2O5. The Labute approximate surface area is 192 Å². The Morgan fingerprint density at radius 2 is 1.88 bits per heavy atom. The van der Waals surface area contributed by atoms with Crippen LogP contribution in [-0.2, 0) is 14.3 Å². The van der Waals surface area contributed by atoms with Crippen molar-refractivity contribution in [2.75, 3.05) is 46.5 Å². The van der Waals surface area contributed by atoms with Gasteiger partial charge in [-0.25, -0.2) is 4.39 Å². The van der Waals surface area contributed by atoms with Crippen molar-refractivity contribution in [3.05, 3.63) is 71.0 Å². The summed E-state index contributed by atoms with van der Waals surface area (Å²) >= 11 is 0. The second-order valence-corrected chi connectivity index (χ2v) is 8.05. The molecule has 0 aliphatic carbocycles. The third-order valence-corrected chi connectivity index (χ3v) is 6.06. The molecule has 1 amide bonds. The Kier molecular flexibility index (Phi) is 7.05. The van der Waals surface area contributed by atoms with Gasteiger partial charge in [-0.05, 0) is 24.6 Å². The molecule has 2 aromatic carbocycles. The highest BCUT2D eigenvalue weighted by Gasteiger charge is 2.46. The van der Waals surface area contributed by atoms with Gasteiger partial charge in [0.05, 0.1) is 31.9 Å². The van der Waals surface area contributed by atoms with Crippen LogP contribution in [0, 0.1) is 5.82 Å². The van der Waals surface area contributed by atoms with Crippen molar-refractivity contribution in [1.82, 2.24) is 9.80 Å². The lowest BCUT2D eigenvalue weighted by molar-refractivity contribution is -0.140. The lowest BCUT2D eigenvalue weighted by atomic mass is 9.95. The predicted octanol–water partition coefficient (Wildman–Crippen LogP) is 2.98. The smallest absolute Gasteiger partial charge is 0.295 e. The number of carbonyl (C=O) groups excluding carboxylic acids is 2. The monoisotopic (exact) mass is 454 g/mol. The molecule has 0 spiro atoms. The highest BCUT2D eigenvalue weighted by Crippen LogP contribution is 2.40. The van der Waals surface area contributed by atoms with E-state index in [1.807, 2.05) is 0 Å². The van der Waals surface area contributed by atoms with E-state index >= 15 is 0 Å². The standard InChI is InChI=1S/C25H27FN2O5/c1-32-18-7-4-6-17(16-18)23(29)21-22(19-8-2-3-9-20(19)26)28(25(31)24(21)30)11-5-10-27-12-14-33-15-13-27/h2-4,6-9,16,22,29H,5,10-15H2,1H3/b23-21-. The summed E-state index contributed by atoms with van der Waals surface area (Å²) in [7, 11) is 1.49. The van der Waals surface area contributed by atoms with E-state index in [0.717, 1.165) is 19.6 Å². The zero-order chi connectivity index (χ0) is 23.4. The summed E-state index contributed by atoms with van der Waals surface area (Å²) in [6.07, 6.45) is 0.608. The number of ether oxygens (including phenoxy) is 2. The van der Waals surface area contributed by atoms with Gasteiger partial charge in [0.2, 0.25) is 0 Å². The molecule has 174 valence electrons. The third kappa shape index (κ3) is 4.77. The Morgan fingerprint density at radius 3 is 2.61 bits per heavy atom. The number of carbonyl (C=O) groups is 2. The van der Waals surface area contributed by atoms with E-state index in [2.05, 4.69) is 4.90 Å². The van der Waals surface area contributed by atoms with Crippen LogP contribution >= 0.6 is 0 Å². The molecule has 2 heterocycles. The first-order chi connectivity index (χ1) is 16.0. The number of ketones is 1. The molecule has 33 heavy (non-hydrogen) atoms. The third-order valence-electron chi connectivity index (χ3n) is 6.06. The summed E-state index contributed by atoms with van der Waals surface area (Å²) < 4.78 is 25.4. The van der Waals surface area contributed by atoms with E-state index in [9.17, 15) is 19.1 Å². The number of aliphatic hydroxyl groups is 1. The number of rotatable bonds is 7. The van der Waals surface area contributed by atoms with Gasteiger partial charge in [0.15, 0.2) is 0 Å². The van der Waals surface area contributed by atoms with E-state index in [4.69, 9.17) is 9.47 Å². The topological polar surface area (TPSA) is 79.3 Å². The number of amides is 1. The number of Topliss-reactive ketones (excluding diaryl/α,β-unsaturated/α-hetero) is 1. The van der Waals surface area contributed by atoms with Gasteiger partial charge in [-0.1, -0.05) is 30.3 Å². The van der Waals surface area contributed by atoms with Gasteiger partial charge in [0.25, 0.3) is 11.7 Å². The quantitative estimate of drug-likeness (QED) is 0.394. The van der Waals surface area contributed by atoms with Gasteiger partial charge in [0, 0.05) is 37.3 Å². The first-order valence-electron chi connectivity index (χ1n) is 11.0. The predicted molar refractivity (Wildman–Crippen MR) is 120 cm³/mol. The molecule has 2 aliphatic heterocycles. The van der Waals surface area contributed by atoms with Gasteiger partial charge in [-0.2, -0.15) is 0 Å². The van der Waals surface area contributed by atoms with Crippen LogP contribution in [0.2, 0.25) is 0 Å². The second kappa shape index (κ2) is 10.1. The van der Waals surface area contributed by atoms with Crippen molar-refractivity contribution in [2.45, 2.75) is 12.5 Å². The normalized spacial score (nSPS) is 20.9. The summed E-state index contributed by atoms with van der Waals surface area (Å²) in [5, 5.41) is 11.1. The lowest BCUT2D eigenvalue weighted by Crippen LogP contribution is -2.39. The molecule has 2 fully saturated rings. The fraction of sp³-hybridized carbons (Fsp3) is 0.360.